The Morgan fingerprint density at radius 2 is 1.25 bits per heavy atom. The predicted molar refractivity (Wildman–Crippen MR) is 110 cm³/mol. The Labute approximate surface area is 152 Å². The van der Waals surface area contributed by atoms with Crippen molar-refractivity contribution in [2.45, 2.75) is 0 Å². The molecule has 0 aliphatic rings. The van der Waals surface area contributed by atoms with Crippen molar-refractivity contribution in [3.8, 4) is 11.1 Å². The normalized spacial score (nSPS) is 11.5. The molecule has 0 aliphatic carbocycles. The molecule has 0 atom stereocenters. The Bertz CT molecular complexity index is 1220. The van der Waals surface area contributed by atoms with Gasteiger partial charge in [-0.25, -0.2) is 0 Å². The van der Waals surface area contributed by atoms with Gasteiger partial charge in [-0.15, -0.1) is 11.3 Å². The van der Waals surface area contributed by atoms with E-state index in [0.29, 0.717) is 0 Å². The molecule has 114 valence electrons. The van der Waals surface area contributed by atoms with Crippen molar-refractivity contribution in [2.24, 2.45) is 0 Å². The van der Waals surface area contributed by atoms with Crippen LogP contribution in [0.2, 0.25) is 0 Å². The third kappa shape index (κ3) is 2.26. The maximum Gasteiger partial charge on any atom is 0.0356 e. The summed E-state index contributed by atoms with van der Waals surface area (Å²) in [5, 5.41) is 5.23. The molecular formula is C22H13BrS. The van der Waals surface area contributed by atoms with Crippen LogP contribution in [0.1, 0.15) is 0 Å². The fourth-order valence-corrected chi connectivity index (χ4v) is 4.73. The predicted octanol–water partition coefficient (Wildman–Crippen LogP) is 7.64. The van der Waals surface area contributed by atoms with Crippen LogP contribution in [0.15, 0.2) is 83.3 Å². The van der Waals surface area contributed by atoms with Crippen molar-refractivity contribution in [2.75, 3.05) is 0 Å². The van der Waals surface area contributed by atoms with E-state index in [0.717, 1.165) is 4.47 Å². The zero-order valence-corrected chi connectivity index (χ0v) is 15.2. The zero-order chi connectivity index (χ0) is 16.1. The highest BCUT2D eigenvalue weighted by atomic mass is 79.9. The Balaban J connectivity index is 1.75. The van der Waals surface area contributed by atoms with Gasteiger partial charge >= 0.3 is 0 Å². The number of halogens is 1. The van der Waals surface area contributed by atoms with Gasteiger partial charge in [-0.2, -0.15) is 0 Å². The molecule has 0 N–H and O–H groups in total. The van der Waals surface area contributed by atoms with Gasteiger partial charge in [0.05, 0.1) is 0 Å². The van der Waals surface area contributed by atoms with Crippen molar-refractivity contribution in [3.05, 3.63) is 83.3 Å². The van der Waals surface area contributed by atoms with Crippen molar-refractivity contribution >= 4 is 58.2 Å². The molecule has 5 rings (SSSR count). The molecule has 0 unspecified atom stereocenters. The molecule has 0 radical (unpaired) electrons. The van der Waals surface area contributed by atoms with Gasteiger partial charge in [0.1, 0.15) is 0 Å². The number of hydrogen-bond donors (Lipinski definition) is 0. The monoisotopic (exact) mass is 388 g/mol. The molecule has 1 heterocycles. The SMILES string of the molecule is Brc1ccc2sc3ccc(-c4ccc5ccccc5c4)cc3c2c1. The van der Waals surface area contributed by atoms with Gasteiger partial charge < -0.3 is 0 Å². The second-order valence-corrected chi connectivity index (χ2v) is 8.01. The molecular weight excluding hydrogens is 376 g/mol. The van der Waals surface area contributed by atoms with E-state index in [9.17, 15) is 0 Å². The van der Waals surface area contributed by atoms with Gasteiger partial charge in [0.15, 0.2) is 0 Å². The van der Waals surface area contributed by atoms with E-state index in [-0.39, 0.29) is 0 Å². The minimum absolute atomic E-state index is 1.13. The number of rotatable bonds is 1. The first kappa shape index (κ1) is 14.2. The standard InChI is InChI=1S/C22H13BrS/c23-18-8-10-22-20(13-18)19-12-17(7-9-21(19)24-22)16-6-5-14-3-1-2-4-15(14)11-16/h1-13H. The second-order valence-electron chi connectivity index (χ2n) is 6.02. The Kier molecular flexibility index (Phi) is 3.22. The maximum absolute atomic E-state index is 3.60. The van der Waals surface area contributed by atoms with Crippen LogP contribution in [0.5, 0.6) is 0 Å². The molecule has 0 fully saturated rings. The lowest BCUT2D eigenvalue weighted by atomic mass is 10.00. The van der Waals surface area contributed by atoms with Gasteiger partial charge in [0.25, 0.3) is 0 Å². The molecule has 0 spiro atoms. The summed E-state index contributed by atoms with van der Waals surface area (Å²) in [6.07, 6.45) is 0. The molecule has 0 amide bonds. The van der Waals surface area contributed by atoms with Crippen LogP contribution in [0.4, 0.5) is 0 Å². The van der Waals surface area contributed by atoms with Crippen LogP contribution in [-0.2, 0) is 0 Å². The van der Waals surface area contributed by atoms with Crippen molar-refractivity contribution in [3.63, 3.8) is 0 Å². The maximum atomic E-state index is 3.60. The average Bonchev–Trinajstić information content (AvgIpc) is 2.98. The summed E-state index contributed by atoms with van der Waals surface area (Å²) < 4.78 is 3.81. The lowest BCUT2D eigenvalue weighted by molar-refractivity contribution is 1.69. The minimum atomic E-state index is 1.13. The first-order valence-electron chi connectivity index (χ1n) is 7.89. The third-order valence-electron chi connectivity index (χ3n) is 4.51. The zero-order valence-electron chi connectivity index (χ0n) is 12.8. The lowest BCUT2D eigenvalue weighted by Crippen LogP contribution is -1.79. The Morgan fingerprint density at radius 3 is 2.12 bits per heavy atom. The highest BCUT2D eigenvalue weighted by Crippen LogP contribution is 2.37. The van der Waals surface area contributed by atoms with Crippen LogP contribution in [0.3, 0.4) is 0 Å². The van der Waals surface area contributed by atoms with E-state index >= 15 is 0 Å². The Morgan fingerprint density at radius 1 is 0.583 bits per heavy atom. The molecule has 0 bridgehead atoms. The molecule has 5 aromatic rings. The average molecular weight is 389 g/mol. The summed E-state index contributed by atoms with van der Waals surface area (Å²) in [5.74, 6) is 0. The van der Waals surface area contributed by atoms with Gasteiger partial charge in [-0.3, -0.25) is 0 Å². The number of benzene rings is 4. The van der Waals surface area contributed by atoms with Crippen LogP contribution >= 0.6 is 27.3 Å². The van der Waals surface area contributed by atoms with Crippen LogP contribution in [0.25, 0.3) is 42.1 Å². The van der Waals surface area contributed by atoms with Crippen molar-refractivity contribution in [1.82, 2.24) is 0 Å². The van der Waals surface area contributed by atoms with E-state index < -0.39 is 0 Å². The first-order chi connectivity index (χ1) is 11.8. The van der Waals surface area contributed by atoms with E-state index in [1.165, 1.54) is 42.1 Å². The molecule has 24 heavy (non-hydrogen) atoms. The van der Waals surface area contributed by atoms with E-state index in [1.54, 1.807) is 0 Å². The smallest absolute Gasteiger partial charge is 0.0356 e. The van der Waals surface area contributed by atoms with Gasteiger partial charge in [-0.05, 0) is 58.3 Å². The van der Waals surface area contributed by atoms with Crippen LogP contribution < -0.4 is 0 Å². The fourth-order valence-electron chi connectivity index (χ4n) is 3.30. The molecule has 4 aromatic carbocycles. The quantitative estimate of drug-likeness (QED) is 0.276. The highest BCUT2D eigenvalue weighted by Gasteiger charge is 2.08. The van der Waals surface area contributed by atoms with Crippen molar-refractivity contribution < 1.29 is 0 Å². The fraction of sp³-hybridized carbons (Fsp3) is 0. The minimum Gasteiger partial charge on any atom is -0.135 e. The van der Waals surface area contributed by atoms with Gasteiger partial charge in [0.2, 0.25) is 0 Å². The molecule has 0 saturated carbocycles. The largest absolute Gasteiger partial charge is 0.135 e. The first-order valence-corrected chi connectivity index (χ1v) is 9.50. The summed E-state index contributed by atoms with van der Waals surface area (Å²) in [7, 11) is 0. The summed E-state index contributed by atoms with van der Waals surface area (Å²) >= 11 is 5.45. The van der Waals surface area contributed by atoms with Crippen LogP contribution in [-0.4, -0.2) is 0 Å². The summed E-state index contributed by atoms with van der Waals surface area (Å²) in [5.41, 5.74) is 2.54. The lowest BCUT2D eigenvalue weighted by Gasteiger charge is -2.05. The van der Waals surface area contributed by atoms with E-state index in [4.69, 9.17) is 0 Å². The van der Waals surface area contributed by atoms with E-state index in [2.05, 4.69) is 94.8 Å². The van der Waals surface area contributed by atoms with Crippen molar-refractivity contribution in [1.29, 1.82) is 0 Å². The second kappa shape index (κ2) is 5.44. The summed E-state index contributed by atoms with van der Waals surface area (Å²) in [4.78, 5) is 0. The van der Waals surface area contributed by atoms with Gasteiger partial charge in [-0.1, -0.05) is 58.4 Å². The number of fused-ring (bicyclic) bond motifs is 4. The Hall–Kier alpha value is -2.16. The topological polar surface area (TPSA) is 0 Å². The summed E-state index contributed by atoms with van der Waals surface area (Å²) in [6, 6.07) is 28.6. The number of hydrogen-bond acceptors (Lipinski definition) is 1. The van der Waals surface area contributed by atoms with Crippen LogP contribution in [0, 0.1) is 0 Å². The number of thiophene rings is 1. The van der Waals surface area contributed by atoms with Gasteiger partial charge in [0, 0.05) is 24.6 Å². The summed E-state index contributed by atoms with van der Waals surface area (Å²) in [6.45, 7) is 0. The molecule has 1 aromatic heterocycles. The molecule has 0 saturated heterocycles. The molecule has 2 heteroatoms. The highest BCUT2D eigenvalue weighted by molar-refractivity contribution is 9.10. The third-order valence-corrected chi connectivity index (χ3v) is 6.16. The molecule has 0 aliphatic heterocycles. The van der Waals surface area contributed by atoms with E-state index in [1.807, 2.05) is 11.3 Å². The molecule has 0 nitrogen and oxygen atoms in total.